The number of rotatable bonds is 5. The second-order valence-electron chi connectivity index (χ2n) is 6.84. The van der Waals surface area contributed by atoms with Gasteiger partial charge in [-0.25, -0.2) is 4.98 Å². The fourth-order valence-corrected chi connectivity index (χ4v) is 4.40. The van der Waals surface area contributed by atoms with Crippen molar-refractivity contribution in [2.24, 2.45) is 0 Å². The monoisotopic (exact) mass is 401 g/mol. The molecule has 0 spiro atoms. The van der Waals surface area contributed by atoms with Crippen molar-refractivity contribution in [2.75, 3.05) is 5.32 Å². The van der Waals surface area contributed by atoms with Gasteiger partial charge in [-0.05, 0) is 42.6 Å². The molecule has 5 aromatic rings. The summed E-state index contributed by atoms with van der Waals surface area (Å²) in [6.07, 6.45) is 1.72. The minimum atomic E-state index is -0.116. The molecule has 0 aliphatic heterocycles. The number of hydrogen-bond acceptors (Lipinski definition) is 4. The lowest BCUT2D eigenvalue weighted by molar-refractivity contribution is -0.115. The molecule has 0 aliphatic rings. The molecule has 0 fully saturated rings. The van der Waals surface area contributed by atoms with Crippen LogP contribution in [0, 0.1) is 0 Å². The van der Waals surface area contributed by atoms with Crippen LogP contribution in [0.25, 0.3) is 32.6 Å². The van der Waals surface area contributed by atoms with Crippen molar-refractivity contribution in [1.29, 1.82) is 0 Å². The second-order valence-corrected chi connectivity index (χ2v) is 7.79. The molecule has 5 nitrogen and oxygen atoms in total. The van der Waals surface area contributed by atoms with Crippen LogP contribution >= 0.6 is 11.3 Å². The van der Waals surface area contributed by atoms with E-state index in [2.05, 4.69) is 46.1 Å². The molecule has 1 amide bonds. The average Bonchev–Trinajstić information content (AvgIpc) is 3.46. The Kier molecular flexibility index (Phi) is 4.41. The van der Waals surface area contributed by atoms with Crippen LogP contribution in [0.15, 0.2) is 70.7 Å². The first-order chi connectivity index (χ1) is 14.2. The highest BCUT2D eigenvalue weighted by Crippen LogP contribution is 2.31. The molecule has 6 heteroatoms. The van der Waals surface area contributed by atoms with Gasteiger partial charge in [0, 0.05) is 34.0 Å². The average molecular weight is 401 g/mol. The first kappa shape index (κ1) is 17.7. The van der Waals surface area contributed by atoms with Crippen molar-refractivity contribution in [3.63, 3.8) is 0 Å². The summed E-state index contributed by atoms with van der Waals surface area (Å²) in [5.41, 5.74) is 3.78. The Bertz CT molecular complexity index is 1310. The van der Waals surface area contributed by atoms with E-state index >= 15 is 0 Å². The number of carbonyl (C=O) groups is 1. The lowest BCUT2D eigenvalue weighted by atomic mass is 10.1. The molecule has 29 heavy (non-hydrogen) atoms. The zero-order valence-electron chi connectivity index (χ0n) is 15.9. The summed E-state index contributed by atoms with van der Waals surface area (Å²) in [7, 11) is 0. The van der Waals surface area contributed by atoms with E-state index in [0.29, 0.717) is 11.6 Å². The van der Waals surface area contributed by atoms with Gasteiger partial charge in [-0.2, -0.15) is 0 Å². The normalized spacial score (nSPS) is 11.3. The lowest BCUT2D eigenvalue weighted by Crippen LogP contribution is -2.14. The number of oxazole rings is 1. The smallest absolute Gasteiger partial charge is 0.236 e. The molecule has 1 N–H and O–H groups in total. The molecule has 5 rings (SSSR count). The van der Waals surface area contributed by atoms with Gasteiger partial charge in [-0.3, -0.25) is 4.79 Å². The number of benzene rings is 2. The van der Waals surface area contributed by atoms with Crippen LogP contribution in [0.3, 0.4) is 0 Å². The van der Waals surface area contributed by atoms with Gasteiger partial charge in [-0.15, -0.1) is 11.3 Å². The Morgan fingerprint density at radius 3 is 2.79 bits per heavy atom. The van der Waals surface area contributed by atoms with Crippen molar-refractivity contribution in [3.8, 4) is 10.8 Å². The van der Waals surface area contributed by atoms with Gasteiger partial charge >= 0.3 is 0 Å². The number of aromatic nitrogens is 2. The second kappa shape index (κ2) is 7.22. The van der Waals surface area contributed by atoms with E-state index in [9.17, 15) is 4.79 Å². The fraction of sp³-hybridized carbons (Fsp3) is 0.130. The maximum atomic E-state index is 12.5. The molecule has 0 aliphatic carbocycles. The van der Waals surface area contributed by atoms with Crippen LogP contribution in [-0.4, -0.2) is 15.5 Å². The number of hydrogen-bond donors (Lipinski definition) is 1. The van der Waals surface area contributed by atoms with Crippen LogP contribution in [0.2, 0.25) is 0 Å². The summed E-state index contributed by atoms with van der Waals surface area (Å²) in [4.78, 5) is 17.9. The van der Waals surface area contributed by atoms with E-state index in [1.54, 1.807) is 17.6 Å². The minimum Gasteiger partial charge on any atom is -0.444 e. The summed E-state index contributed by atoms with van der Waals surface area (Å²) in [5, 5.41) is 7.29. The summed E-state index contributed by atoms with van der Waals surface area (Å²) >= 11 is 1.56. The van der Waals surface area contributed by atoms with Crippen LogP contribution in [0.4, 0.5) is 5.69 Å². The molecule has 0 unspecified atom stereocenters. The van der Waals surface area contributed by atoms with E-state index in [1.807, 2.05) is 35.7 Å². The standard InChI is InChI=1S/C23H19N3O2S/c1-2-26-19-7-4-3-6-17(19)18-12-15(9-10-20(18)26)24-22(27)13-16-14-28-23(25-16)21-8-5-11-29-21/h3-12,14H,2,13H2,1H3,(H,24,27). The Balaban J connectivity index is 1.39. The Hall–Kier alpha value is -3.38. The van der Waals surface area contributed by atoms with Crippen LogP contribution < -0.4 is 5.32 Å². The van der Waals surface area contributed by atoms with Crippen molar-refractivity contribution >= 4 is 44.7 Å². The topological polar surface area (TPSA) is 60.1 Å². The van der Waals surface area contributed by atoms with Gasteiger partial charge in [0.05, 0.1) is 17.0 Å². The molecule has 2 aromatic carbocycles. The van der Waals surface area contributed by atoms with Crippen LogP contribution in [-0.2, 0) is 17.8 Å². The van der Waals surface area contributed by atoms with Gasteiger partial charge in [0.15, 0.2) is 0 Å². The minimum absolute atomic E-state index is 0.116. The lowest BCUT2D eigenvalue weighted by Gasteiger charge is -2.06. The van der Waals surface area contributed by atoms with Gasteiger partial charge < -0.3 is 14.3 Å². The van der Waals surface area contributed by atoms with Crippen molar-refractivity contribution < 1.29 is 9.21 Å². The number of thiophene rings is 1. The zero-order valence-corrected chi connectivity index (χ0v) is 16.7. The summed E-state index contributed by atoms with van der Waals surface area (Å²) in [5.74, 6) is 0.436. The third-order valence-electron chi connectivity index (χ3n) is 5.00. The first-order valence-electron chi connectivity index (χ1n) is 9.52. The molecule has 0 saturated carbocycles. The number of amides is 1. The van der Waals surface area contributed by atoms with E-state index in [0.717, 1.165) is 22.5 Å². The largest absolute Gasteiger partial charge is 0.444 e. The van der Waals surface area contributed by atoms with Crippen molar-refractivity contribution in [3.05, 3.63) is 71.9 Å². The van der Waals surface area contributed by atoms with Crippen LogP contribution in [0.5, 0.6) is 0 Å². The summed E-state index contributed by atoms with van der Waals surface area (Å²) in [6.45, 7) is 3.04. The number of aryl methyl sites for hydroxylation is 1. The van der Waals surface area contributed by atoms with E-state index in [1.165, 1.54) is 16.4 Å². The zero-order chi connectivity index (χ0) is 19.8. The Morgan fingerprint density at radius 2 is 1.97 bits per heavy atom. The van der Waals surface area contributed by atoms with Crippen molar-refractivity contribution in [2.45, 2.75) is 19.9 Å². The molecule has 0 bridgehead atoms. The predicted octanol–water partition coefficient (Wildman–Crippen LogP) is 5.71. The quantitative estimate of drug-likeness (QED) is 0.410. The molecule has 0 saturated heterocycles. The number of anilines is 1. The maximum Gasteiger partial charge on any atom is 0.236 e. The highest BCUT2D eigenvalue weighted by atomic mass is 32.1. The van der Waals surface area contributed by atoms with Crippen LogP contribution in [0.1, 0.15) is 12.6 Å². The first-order valence-corrected chi connectivity index (χ1v) is 10.4. The van der Waals surface area contributed by atoms with Gasteiger partial charge in [-0.1, -0.05) is 24.3 Å². The molecule has 144 valence electrons. The van der Waals surface area contributed by atoms with E-state index in [-0.39, 0.29) is 12.3 Å². The number of nitrogens with one attached hydrogen (secondary N) is 1. The van der Waals surface area contributed by atoms with Gasteiger partial charge in [0.25, 0.3) is 0 Å². The molecular formula is C23H19N3O2S. The van der Waals surface area contributed by atoms with Gasteiger partial charge in [0.2, 0.25) is 11.8 Å². The predicted molar refractivity (Wildman–Crippen MR) is 117 cm³/mol. The number of nitrogens with zero attached hydrogens (tertiary/aromatic N) is 2. The highest BCUT2D eigenvalue weighted by molar-refractivity contribution is 7.13. The molecular weight excluding hydrogens is 382 g/mol. The summed E-state index contributed by atoms with van der Waals surface area (Å²) < 4.78 is 7.79. The fourth-order valence-electron chi connectivity index (χ4n) is 3.74. The Labute approximate surface area is 171 Å². The molecule has 0 radical (unpaired) electrons. The number of para-hydroxylation sites is 1. The van der Waals surface area contributed by atoms with E-state index < -0.39 is 0 Å². The SMILES string of the molecule is CCn1c2ccccc2c2cc(NC(=O)Cc3coc(-c4cccs4)n3)ccc21. The third-order valence-corrected chi connectivity index (χ3v) is 5.86. The summed E-state index contributed by atoms with van der Waals surface area (Å²) in [6, 6.07) is 18.3. The maximum absolute atomic E-state index is 12.5. The van der Waals surface area contributed by atoms with Gasteiger partial charge in [0.1, 0.15) is 6.26 Å². The Morgan fingerprint density at radius 1 is 1.10 bits per heavy atom. The van der Waals surface area contributed by atoms with E-state index in [4.69, 9.17) is 4.42 Å². The highest BCUT2D eigenvalue weighted by Gasteiger charge is 2.13. The van der Waals surface area contributed by atoms with Crippen molar-refractivity contribution in [1.82, 2.24) is 9.55 Å². The number of fused-ring (bicyclic) bond motifs is 3. The third kappa shape index (κ3) is 3.21. The molecule has 3 aromatic heterocycles. The molecule has 0 atom stereocenters. The number of carbonyl (C=O) groups excluding carboxylic acids is 1. The molecule has 3 heterocycles.